The Morgan fingerprint density at radius 3 is 1.72 bits per heavy atom. The van der Waals surface area contributed by atoms with Crippen LogP contribution >= 0.6 is 0 Å². The number of aryl methyl sites for hydroxylation is 1. The van der Waals surface area contributed by atoms with Crippen LogP contribution in [0.15, 0.2) is 48.5 Å². The van der Waals surface area contributed by atoms with E-state index in [0.29, 0.717) is 0 Å². The molecular weight excluding hydrogens is 407 g/mol. The number of hydrogen-bond acceptors (Lipinski definition) is 0. The van der Waals surface area contributed by atoms with Crippen molar-refractivity contribution in [3.63, 3.8) is 0 Å². The van der Waals surface area contributed by atoms with Gasteiger partial charge in [0.25, 0.3) is 0 Å². The van der Waals surface area contributed by atoms with Gasteiger partial charge in [-0.05, 0) is 91.0 Å². The minimum Gasteiger partial charge on any atom is -0.207 e. The van der Waals surface area contributed by atoms with Crippen LogP contribution in [0, 0.1) is 29.5 Å². The van der Waals surface area contributed by atoms with Gasteiger partial charge in [-0.3, -0.25) is 0 Å². The summed E-state index contributed by atoms with van der Waals surface area (Å²) in [6.07, 6.45) is 17.6. The third-order valence-electron chi connectivity index (χ3n) is 8.64. The monoisotopic (exact) mass is 450 g/mol. The van der Waals surface area contributed by atoms with Crippen LogP contribution in [0.5, 0.6) is 0 Å². The predicted octanol–water partition coefficient (Wildman–Crippen LogP) is 8.45. The Labute approximate surface area is 198 Å². The Hall–Kier alpha value is -1.41. The van der Waals surface area contributed by atoms with E-state index in [1.54, 1.807) is 18.2 Å². The zero-order chi connectivity index (χ0) is 22.2. The van der Waals surface area contributed by atoms with Crippen molar-refractivity contribution >= 4 is 9.52 Å². The highest BCUT2D eigenvalue weighted by Gasteiger charge is 2.30. The largest absolute Gasteiger partial charge is 0.207 e. The van der Waals surface area contributed by atoms with E-state index in [0.717, 1.165) is 29.2 Å². The molecule has 2 aromatic carbocycles. The molecule has 0 bridgehead atoms. The third-order valence-corrected chi connectivity index (χ3v) is 9.85. The maximum atomic E-state index is 13.1. The molecule has 0 unspecified atom stereocenters. The molecular formula is C30H43FSi. The summed E-state index contributed by atoms with van der Waals surface area (Å²) in [4.78, 5) is 0. The average molecular weight is 451 g/mol. The molecule has 0 heterocycles. The maximum Gasteiger partial charge on any atom is 0.123 e. The Kier molecular flexibility index (Phi) is 9.02. The van der Waals surface area contributed by atoms with Gasteiger partial charge in [0.15, 0.2) is 0 Å². The van der Waals surface area contributed by atoms with E-state index >= 15 is 0 Å². The molecule has 0 atom stereocenters. The molecule has 0 aromatic heterocycles. The van der Waals surface area contributed by atoms with Crippen LogP contribution in [0.4, 0.5) is 4.39 Å². The Bertz CT molecular complexity index is 781. The van der Waals surface area contributed by atoms with Gasteiger partial charge in [-0.2, -0.15) is 0 Å². The molecule has 174 valence electrons. The molecule has 32 heavy (non-hydrogen) atoms. The lowest BCUT2D eigenvalue weighted by Crippen LogP contribution is -2.26. The molecule has 0 radical (unpaired) electrons. The average Bonchev–Trinajstić information content (AvgIpc) is 2.85. The lowest BCUT2D eigenvalue weighted by Gasteiger charge is -2.38. The molecule has 2 aliphatic carbocycles. The second-order valence-electron chi connectivity index (χ2n) is 10.8. The van der Waals surface area contributed by atoms with E-state index in [-0.39, 0.29) is 15.3 Å². The van der Waals surface area contributed by atoms with E-state index in [4.69, 9.17) is 0 Å². The van der Waals surface area contributed by atoms with Crippen LogP contribution in [0.1, 0.15) is 76.2 Å². The first-order valence-corrected chi connectivity index (χ1v) is 16.0. The van der Waals surface area contributed by atoms with Crippen molar-refractivity contribution in [3.8, 4) is 11.1 Å². The maximum absolute atomic E-state index is 13.1. The van der Waals surface area contributed by atoms with Gasteiger partial charge in [0.2, 0.25) is 0 Å². The number of halogens is 1. The third kappa shape index (κ3) is 6.79. The summed E-state index contributed by atoms with van der Waals surface area (Å²) >= 11 is 0. The van der Waals surface area contributed by atoms with Crippen molar-refractivity contribution in [2.45, 2.75) is 89.6 Å². The molecule has 0 aliphatic heterocycles. The summed E-state index contributed by atoms with van der Waals surface area (Å²) in [5.41, 5.74) is 3.71. The summed E-state index contributed by atoms with van der Waals surface area (Å²) in [6.45, 7) is 2.46. The lowest BCUT2D eigenvalue weighted by atomic mass is 9.68. The molecule has 2 saturated carbocycles. The predicted molar refractivity (Wildman–Crippen MR) is 140 cm³/mol. The topological polar surface area (TPSA) is 0 Å². The molecule has 0 nitrogen and oxygen atoms in total. The summed E-state index contributed by atoms with van der Waals surface area (Å²) in [5.74, 6) is 3.91. The van der Waals surface area contributed by atoms with Crippen LogP contribution in [0.25, 0.3) is 11.1 Å². The van der Waals surface area contributed by atoms with Crippen molar-refractivity contribution in [1.29, 1.82) is 0 Å². The summed E-state index contributed by atoms with van der Waals surface area (Å²) in [6, 6.07) is 17.3. The molecule has 2 fully saturated rings. The quantitative estimate of drug-likeness (QED) is 0.265. The lowest BCUT2D eigenvalue weighted by molar-refractivity contribution is 0.141. The molecule has 0 N–H and O–H groups in total. The first kappa shape index (κ1) is 23.7. The van der Waals surface area contributed by atoms with Crippen molar-refractivity contribution in [2.24, 2.45) is 23.7 Å². The Morgan fingerprint density at radius 2 is 1.19 bits per heavy atom. The molecule has 2 aliphatic rings. The summed E-state index contributed by atoms with van der Waals surface area (Å²) in [5, 5.41) is 0. The second kappa shape index (κ2) is 12.2. The van der Waals surface area contributed by atoms with E-state index in [9.17, 15) is 4.39 Å². The van der Waals surface area contributed by atoms with Crippen molar-refractivity contribution in [1.82, 2.24) is 0 Å². The molecule has 2 heteroatoms. The Balaban J connectivity index is 1.15. The van der Waals surface area contributed by atoms with Crippen LogP contribution in [-0.4, -0.2) is 9.52 Å². The number of rotatable bonds is 9. The summed E-state index contributed by atoms with van der Waals surface area (Å²) in [7, 11) is 0.288. The highest BCUT2D eigenvalue weighted by atomic mass is 28.2. The van der Waals surface area contributed by atoms with Gasteiger partial charge >= 0.3 is 0 Å². The number of hydrogen-bond donors (Lipinski definition) is 0. The SMILES string of the molecule is C[SiH2]CCC[C@H]1CC[C@H]([C@H]2CC[C@H](CCc3ccc(-c4ccc(F)cc4)cc3)CC2)CC1. The highest BCUT2D eigenvalue weighted by Crippen LogP contribution is 2.43. The fourth-order valence-corrected chi connectivity index (χ4v) is 7.25. The normalized spacial score (nSPS) is 26.6. The molecule has 0 amide bonds. The minimum atomic E-state index is -0.170. The van der Waals surface area contributed by atoms with E-state index in [1.165, 1.54) is 88.2 Å². The van der Waals surface area contributed by atoms with Gasteiger partial charge in [0.1, 0.15) is 5.82 Å². The van der Waals surface area contributed by atoms with Crippen molar-refractivity contribution in [2.75, 3.05) is 0 Å². The van der Waals surface area contributed by atoms with Gasteiger partial charge in [-0.25, -0.2) is 4.39 Å². The summed E-state index contributed by atoms with van der Waals surface area (Å²) < 4.78 is 13.1. The zero-order valence-corrected chi connectivity index (χ0v) is 21.6. The minimum absolute atomic E-state index is 0.170. The Morgan fingerprint density at radius 1 is 0.688 bits per heavy atom. The molecule has 4 rings (SSSR count). The van der Waals surface area contributed by atoms with E-state index in [2.05, 4.69) is 30.8 Å². The fraction of sp³-hybridized carbons (Fsp3) is 0.600. The first-order chi connectivity index (χ1) is 15.7. The second-order valence-corrected chi connectivity index (χ2v) is 12.5. The van der Waals surface area contributed by atoms with Gasteiger partial charge < -0.3 is 0 Å². The fourth-order valence-electron chi connectivity index (χ4n) is 6.46. The van der Waals surface area contributed by atoms with Gasteiger partial charge in [-0.1, -0.05) is 87.5 Å². The smallest absolute Gasteiger partial charge is 0.123 e. The number of benzene rings is 2. The zero-order valence-electron chi connectivity index (χ0n) is 20.2. The molecule has 0 spiro atoms. The highest BCUT2D eigenvalue weighted by molar-refractivity contribution is 6.33. The van der Waals surface area contributed by atoms with Crippen LogP contribution in [-0.2, 0) is 6.42 Å². The van der Waals surface area contributed by atoms with Crippen LogP contribution in [0.3, 0.4) is 0 Å². The van der Waals surface area contributed by atoms with Crippen molar-refractivity contribution in [3.05, 3.63) is 59.9 Å². The first-order valence-electron chi connectivity index (χ1n) is 13.6. The van der Waals surface area contributed by atoms with E-state index < -0.39 is 0 Å². The van der Waals surface area contributed by atoms with Crippen LogP contribution < -0.4 is 0 Å². The molecule has 2 aromatic rings. The molecule has 0 saturated heterocycles. The van der Waals surface area contributed by atoms with Gasteiger partial charge in [0.05, 0.1) is 0 Å². The van der Waals surface area contributed by atoms with Gasteiger partial charge in [0, 0.05) is 9.52 Å². The van der Waals surface area contributed by atoms with Crippen molar-refractivity contribution < 1.29 is 4.39 Å². The van der Waals surface area contributed by atoms with Crippen LogP contribution in [0.2, 0.25) is 12.6 Å². The standard InChI is InChI=1S/C30H43FSi/c1-32-22-2-3-23-6-12-26(13-7-23)27-14-8-24(9-15-27)4-5-25-10-16-28(17-11-25)29-18-20-30(31)21-19-29/h10-11,16-21,23-24,26-27H,2-9,12-15,22,32H2,1H3/t23-,24-,26-,27-. The van der Waals surface area contributed by atoms with E-state index in [1.807, 2.05) is 12.1 Å². The van der Waals surface area contributed by atoms with Gasteiger partial charge in [-0.15, -0.1) is 0 Å².